The van der Waals surface area contributed by atoms with Crippen LogP contribution < -0.4 is 5.32 Å². The smallest absolute Gasteiger partial charge is 0.303 e. The number of carboxylic acids is 1. The summed E-state index contributed by atoms with van der Waals surface area (Å²) >= 11 is 11.9. The average Bonchev–Trinajstić information content (AvgIpc) is 2.47. The maximum atomic E-state index is 12.4. The highest BCUT2D eigenvalue weighted by atomic mass is 35.5. The van der Waals surface area contributed by atoms with Crippen molar-refractivity contribution in [2.24, 2.45) is 0 Å². The van der Waals surface area contributed by atoms with Gasteiger partial charge in [0.15, 0.2) is 29.7 Å². The molecule has 0 aromatic carbocycles. The minimum Gasteiger partial charge on any atom is -0.481 e. The first-order valence-corrected chi connectivity index (χ1v) is 12.1. The van der Waals surface area contributed by atoms with E-state index in [0.29, 0.717) is 19.3 Å². The maximum absolute atomic E-state index is 12.4. The third kappa shape index (κ3) is 6.59. The molecule has 1 aromatic heterocycles. The van der Waals surface area contributed by atoms with Gasteiger partial charge in [-0.1, -0.05) is 29.6 Å². The lowest BCUT2D eigenvalue weighted by Gasteiger charge is -2.13. The molecule has 2 N–H and O–H groups in total. The summed E-state index contributed by atoms with van der Waals surface area (Å²) in [5.74, 6) is -1.78. The third-order valence-electron chi connectivity index (χ3n) is 3.30. The van der Waals surface area contributed by atoms with Gasteiger partial charge in [-0.2, -0.15) is 0 Å². The molecule has 152 valence electrons. The minimum absolute atomic E-state index is 0.00535. The van der Waals surface area contributed by atoms with Gasteiger partial charge < -0.3 is 10.4 Å². The van der Waals surface area contributed by atoms with Gasteiger partial charge in [-0.25, -0.2) is 21.8 Å². The maximum Gasteiger partial charge on any atom is 0.303 e. The molecule has 1 aromatic rings. The number of carboxylic acid groups (broad SMARTS) is 1. The zero-order valence-electron chi connectivity index (χ0n) is 14.5. The van der Waals surface area contributed by atoms with Gasteiger partial charge in [0.2, 0.25) is 0 Å². The largest absolute Gasteiger partial charge is 0.481 e. The molecule has 0 aliphatic rings. The molecule has 0 saturated heterocycles. The van der Waals surface area contributed by atoms with E-state index in [9.17, 15) is 26.4 Å². The van der Waals surface area contributed by atoms with Crippen molar-refractivity contribution in [3.63, 3.8) is 0 Å². The Morgan fingerprint density at radius 1 is 0.963 bits per heavy atom. The topological polar surface area (TPSA) is 148 Å². The van der Waals surface area contributed by atoms with Crippen LogP contribution in [0.25, 0.3) is 0 Å². The van der Waals surface area contributed by atoms with E-state index in [1.165, 1.54) is 0 Å². The average molecular weight is 461 g/mol. The van der Waals surface area contributed by atoms with E-state index in [2.05, 4.69) is 10.3 Å². The second-order valence-corrected chi connectivity index (χ2v) is 10.3. The molecule has 0 fully saturated rings. The number of pyridine rings is 1. The van der Waals surface area contributed by atoms with E-state index < -0.39 is 57.2 Å². The Morgan fingerprint density at radius 3 is 1.85 bits per heavy atom. The number of halogens is 2. The standard InChI is InChI=1S/C14H18Cl2N2O7S2/c1-26(22,23)13-10(15)9(11(16)14(18-13)27(2,24)25)12(21)17-7-5-3-4-6-8(19)20/h3-7H2,1-2H3,(H,17,21)(H,19,20). The quantitative estimate of drug-likeness (QED) is 0.527. The van der Waals surface area contributed by atoms with Gasteiger partial charge in [0.25, 0.3) is 5.91 Å². The van der Waals surface area contributed by atoms with Crippen LogP contribution in [-0.4, -0.2) is 57.9 Å². The van der Waals surface area contributed by atoms with E-state index in [1.54, 1.807) is 0 Å². The Bertz CT molecular complexity index is 904. The first-order valence-electron chi connectivity index (χ1n) is 7.56. The van der Waals surface area contributed by atoms with Crippen LogP contribution in [0.15, 0.2) is 10.1 Å². The van der Waals surface area contributed by atoms with Crippen molar-refractivity contribution < 1.29 is 31.5 Å². The second kappa shape index (κ2) is 9.18. The fourth-order valence-electron chi connectivity index (χ4n) is 2.06. The van der Waals surface area contributed by atoms with Gasteiger partial charge in [0.05, 0.1) is 15.6 Å². The van der Waals surface area contributed by atoms with Crippen molar-refractivity contribution in [3.05, 3.63) is 15.6 Å². The van der Waals surface area contributed by atoms with Crippen molar-refractivity contribution in [2.45, 2.75) is 35.7 Å². The molecule has 1 heterocycles. The monoisotopic (exact) mass is 460 g/mol. The molecular weight excluding hydrogens is 443 g/mol. The van der Waals surface area contributed by atoms with Crippen molar-refractivity contribution in [2.75, 3.05) is 19.1 Å². The number of aliphatic carboxylic acids is 1. The number of rotatable bonds is 9. The van der Waals surface area contributed by atoms with Crippen molar-refractivity contribution in [1.82, 2.24) is 10.3 Å². The van der Waals surface area contributed by atoms with E-state index in [0.717, 1.165) is 12.5 Å². The fraction of sp³-hybridized carbons (Fsp3) is 0.500. The lowest BCUT2D eigenvalue weighted by molar-refractivity contribution is -0.137. The number of hydrogen-bond donors (Lipinski definition) is 2. The highest BCUT2D eigenvalue weighted by Crippen LogP contribution is 2.34. The number of carbonyl (C=O) groups excluding carboxylic acids is 1. The molecule has 13 heteroatoms. The predicted octanol–water partition coefficient (Wildman–Crippen LogP) is 1.57. The number of aromatic nitrogens is 1. The van der Waals surface area contributed by atoms with Crippen LogP contribution in [-0.2, 0) is 24.5 Å². The number of hydrogen-bond acceptors (Lipinski definition) is 7. The van der Waals surface area contributed by atoms with E-state index in [-0.39, 0.29) is 13.0 Å². The summed E-state index contributed by atoms with van der Waals surface area (Å²) in [7, 11) is -8.06. The third-order valence-corrected chi connectivity index (χ3v) is 6.26. The molecule has 0 unspecified atom stereocenters. The molecule has 0 aliphatic heterocycles. The fourth-order valence-corrected chi connectivity index (χ4v) is 4.82. The van der Waals surface area contributed by atoms with Gasteiger partial charge in [-0.3, -0.25) is 9.59 Å². The van der Waals surface area contributed by atoms with E-state index >= 15 is 0 Å². The number of nitrogens with zero attached hydrogens (tertiary/aromatic N) is 1. The molecule has 0 radical (unpaired) electrons. The first kappa shape index (κ1) is 23.6. The Kier molecular flexibility index (Phi) is 8.02. The Balaban J connectivity index is 3.15. The summed E-state index contributed by atoms with van der Waals surface area (Å²) in [6.45, 7) is 0.135. The molecule has 27 heavy (non-hydrogen) atoms. The lowest BCUT2D eigenvalue weighted by Crippen LogP contribution is -2.26. The van der Waals surface area contributed by atoms with E-state index in [4.69, 9.17) is 28.3 Å². The number of carbonyl (C=O) groups is 2. The summed E-state index contributed by atoms with van der Waals surface area (Å²) in [6.07, 6.45) is 2.96. The molecule has 1 rings (SSSR count). The van der Waals surface area contributed by atoms with Gasteiger partial charge in [-0.05, 0) is 12.8 Å². The molecule has 0 spiro atoms. The van der Waals surface area contributed by atoms with Crippen LogP contribution in [0.4, 0.5) is 0 Å². The SMILES string of the molecule is CS(=O)(=O)c1nc(S(C)(=O)=O)c(Cl)c(C(=O)NCCCCCC(=O)O)c1Cl. The number of amides is 1. The molecule has 0 saturated carbocycles. The summed E-state index contributed by atoms with van der Waals surface area (Å²) in [5.41, 5.74) is -0.500. The molecule has 0 aliphatic carbocycles. The second-order valence-electron chi connectivity index (χ2n) is 5.73. The van der Waals surface area contributed by atoms with Crippen LogP contribution in [0.1, 0.15) is 36.0 Å². The van der Waals surface area contributed by atoms with Crippen molar-refractivity contribution >= 4 is 54.8 Å². The Labute approximate surface area is 166 Å². The van der Waals surface area contributed by atoms with Crippen LogP contribution in [0.5, 0.6) is 0 Å². The predicted molar refractivity (Wildman–Crippen MR) is 98.9 cm³/mol. The normalized spacial score (nSPS) is 12.0. The number of nitrogens with one attached hydrogen (secondary N) is 1. The Morgan fingerprint density at radius 2 is 1.44 bits per heavy atom. The highest BCUT2D eigenvalue weighted by molar-refractivity contribution is 7.91. The molecule has 0 atom stereocenters. The summed E-state index contributed by atoms with van der Waals surface area (Å²) in [4.78, 5) is 26.3. The minimum atomic E-state index is -4.03. The zero-order chi connectivity index (χ0) is 21.0. The van der Waals surface area contributed by atoms with Crippen molar-refractivity contribution in [1.29, 1.82) is 0 Å². The Hall–Kier alpha value is -1.43. The van der Waals surface area contributed by atoms with Crippen LogP contribution in [0.3, 0.4) is 0 Å². The number of unbranched alkanes of at least 4 members (excludes halogenated alkanes) is 2. The lowest BCUT2D eigenvalue weighted by atomic mass is 10.2. The zero-order valence-corrected chi connectivity index (χ0v) is 17.6. The first-order chi connectivity index (χ1) is 12.3. The molecular formula is C14H18Cl2N2O7S2. The highest BCUT2D eigenvalue weighted by Gasteiger charge is 2.30. The van der Waals surface area contributed by atoms with Gasteiger partial charge >= 0.3 is 5.97 Å². The van der Waals surface area contributed by atoms with Crippen molar-refractivity contribution in [3.8, 4) is 0 Å². The molecule has 9 nitrogen and oxygen atoms in total. The van der Waals surface area contributed by atoms with Crippen LogP contribution in [0, 0.1) is 0 Å². The van der Waals surface area contributed by atoms with Crippen LogP contribution >= 0.6 is 23.2 Å². The summed E-state index contributed by atoms with van der Waals surface area (Å²) < 4.78 is 47.4. The van der Waals surface area contributed by atoms with Crippen LogP contribution in [0.2, 0.25) is 10.0 Å². The molecule has 1 amide bonds. The summed E-state index contributed by atoms with van der Waals surface area (Å²) in [5, 5.41) is 8.33. The van der Waals surface area contributed by atoms with Gasteiger partial charge in [-0.15, -0.1) is 0 Å². The molecule has 0 bridgehead atoms. The summed E-state index contributed by atoms with van der Waals surface area (Å²) in [6, 6.07) is 0. The van der Waals surface area contributed by atoms with E-state index in [1.807, 2.05) is 0 Å². The van der Waals surface area contributed by atoms with Gasteiger partial charge in [0, 0.05) is 25.5 Å². The number of sulfone groups is 2. The van der Waals surface area contributed by atoms with Gasteiger partial charge in [0.1, 0.15) is 0 Å².